The van der Waals surface area contributed by atoms with E-state index in [1.54, 1.807) is 6.92 Å². The van der Waals surface area contributed by atoms with Gasteiger partial charge in [0.05, 0.1) is 11.5 Å². The van der Waals surface area contributed by atoms with Crippen LogP contribution in [0.5, 0.6) is 5.75 Å². The van der Waals surface area contributed by atoms with Gasteiger partial charge in [0.2, 0.25) is 0 Å². The summed E-state index contributed by atoms with van der Waals surface area (Å²) in [5, 5.41) is 10.0. The second-order valence-electron chi connectivity index (χ2n) is 12.2. The molecule has 0 aromatic heterocycles. The molecule has 0 amide bonds. The van der Waals surface area contributed by atoms with Crippen molar-refractivity contribution < 1.29 is 27.8 Å². The summed E-state index contributed by atoms with van der Waals surface area (Å²) in [5.41, 5.74) is 1.87. The van der Waals surface area contributed by atoms with Crippen LogP contribution in [0, 0.1) is 23.7 Å². The lowest BCUT2D eigenvalue weighted by atomic mass is 9.81. The second-order valence-corrected chi connectivity index (χ2v) is 12.6. The smallest absolute Gasteiger partial charge is 0.416 e. The van der Waals surface area contributed by atoms with Crippen molar-refractivity contribution in [2.24, 2.45) is 23.7 Å². The number of carbonyl (C=O) groups is 1. The van der Waals surface area contributed by atoms with Gasteiger partial charge in [-0.05, 0) is 104 Å². The first kappa shape index (κ1) is 26.9. The summed E-state index contributed by atoms with van der Waals surface area (Å²) < 4.78 is 47.9. The molecule has 1 saturated heterocycles. The number of nitrogens with zero attached hydrogens (tertiary/aromatic N) is 1. The molecule has 2 bridgehead atoms. The van der Waals surface area contributed by atoms with Crippen LogP contribution in [-0.2, 0) is 17.4 Å². The van der Waals surface area contributed by atoms with Gasteiger partial charge >= 0.3 is 12.1 Å². The van der Waals surface area contributed by atoms with Crippen LogP contribution in [0.15, 0.2) is 36.4 Å². The van der Waals surface area contributed by atoms with Gasteiger partial charge in [0, 0.05) is 29.6 Å². The van der Waals surface area contributed by atoms with Crippen LogP contribution in [0.1, 0.15) is 80.2 Å². The van der Waals surface area contributed by atoms with Crippen molar-refractivity contribution in [3.05, 3.63) is 63.7 Å². The molecular formula is C31H35ClF3NO3. The molecule has 1 N–H and O–H groups in total. The van der Waals surface area contributed by atoms with Gasteiger partial charge in [-0.2, -0.15) is 13.2 Å². The summed E-state index contributed by atoms with van der Waals surface area (Å²) in [6.45, 7) is 4.42. The Morgan fingerprint density at radius 2 is 1.87 bits per heavy atom. The van der Waals surface area contributed by atoms with Crippen LogP contribution in [-0.4, -0.2) is 34.7 Å². The third-order valence-corrected chi connectivity index (χ3v) is 10.1. The predicted octanol–water partition coefficient (Wildman–Crippen LogP) is 7.74. The van der Waals surface area contributed by atoms with Crippen molar-refractivity contribution in [1.29, 1.82) is 0 Å². The predicted molar refractivity (Wildman–Crippen MR) is 143 cm³/mol. The van der Waals surface area contributed by atoms with Crippen LogP contribution >= 0.6 is 11.6 Å². The van der Waals surface area contributed by atoms with E-state index in [1.807, 2.05) is 6.92 Å². The van der Waals surface area contributed by atoms with E-state index in [1.165, 1.54) is 17.7 Å². The van der Waals surface area contributed by atoms with Gasteiger partial charge in [-0.3, -0.25) is 9.69 Å². The van der Waals surface area contributed by atoms with Crippen LogP contribution < -0.4 is 4.74 Å². The Bertz CT molecular complexity index is 1260. The van der Waals surface area contributed by atoms with Crippen LogP contribution in [0.2, 0.25) is 5.02 Å². The number of likely N-dealkylation sites (tertiary alicyclic amines) is 1. The molecule has 4 aliphatic rings. The van der Waals surface area contributed by atoms with E-state index in [-0.39, 0.29) is 29.7 Å². The van der Waals surface area contributed by atoms with Gasteiger partial charge in [-0.15, -0.1) is 0 Å². The topological polar surface area (TPSA) is 49.8 Å². The van der Waals surface area contributed by atoms with Crippen molar-refractivity contribution >= 4 is 17.6 Å². The number of carboxylic acid groups (broad SMARTS) is 1. The number of alkyl halides is 3. The molecule has 8 heteroatoms. The number of hydrogen-bond acceptors (Lipinski definition) is 3. The van der Waals surface area contributed by atoms with Crippen molar-refractivity contribution in [1.82, 2.24) is 4.90 Å². The second kappa shape index (κ2) is 9.99. The lowest BCUT2D eigenvalue weighted by Gasteiger charge is -2.40. The molecule has 2 aliphatic carbocycles. The molecule has 2 aliphatic heterocycles. The lowest BCUT2D eigenvalue weighted by molar-refractivity contribution is -0.142. The zero-order valence-electron chi connectivity index (χ0n) is 22.3. The molecule has 0 spiro atoms. The van der Waals surface area contributed by atoms with E-state index in [2.05, 4.69) is 23.1 Å². The highest BCUT2D eigenvalue weighted by atomic mass is 35.5. The number of halogens is 4. The number of rotatable bonds is 7. The fraction of sp³-hybridized carbons (Fsp3) is 0.581. The van der Waals surface area contributed by atoms with Gasteiger partial charge in [-0.1, -0.05) is 30.7 Å². The number of aryl methyl sites for hydroxylation is 1. The Morgan fingerprint density at radius 1 is 1.10 bits per heavy atom. The third kappa shape index (κ3) is 5.06. The van der Waals surface area contributed by atoms with Crippen molar-refractivity contribution in [3.8, 4) is 5.75 Å². The summed E-state index contributed by atoms with van der Waals surface area (Å²) in [7, 11) is 0. The van der Waals surface area contributed by atoms with Gasteiger partial charge in [0.25, 0.3) is 0 Å². The highest BCUT2D eigenvalue weighted by Gasteiger charge is 2.50. The van der Waals surface area contributed by atoms with E-state index in [9.17, 15) is 23.1 Å². The number of carboxylic acids is 1. The summed E-state index contributed by atoms with van der Waals surface area (Å²) in [4.78, 5) is 14.0. The van der Waals surface area contributed by atoms with Crippen LogP contribution in [0.25, 0.3) is 0 Å². The molecule has 0 radical (unpaired) electrons. The molecule has 2 heterocycles. The average molecular weight is 562 g/mol. The Kier molecular flexibility index (Phi) is 6.90. The molecule has 4 nitrogen and oxygen atoms in total. The normalized spacial score (nSPS) is 29.0. The summed E-state index contributed by atoms with van der Waals surface area (Å²) in [6, 6.07) is 10.0. The minimum Gasteiger partial charge on any atom is -0.490 e. The van der Waals surface area contributed by atoms with E-state index in [4.69, 9.17) is 16.3 Å². The standard InChI is InChI=1S/C31H35ClF3NO3/c1-16(30(37)38)29(19-4-5-19)20-6-3-18-7-10-27(39-28(18)12-20)25-14-23-11-21(25)15-36(23)17(2)24-13-22(32)8-9-26(24)31(33,34)35/h3,6,8-9,12-13,16-17,19,21,23,25,27,29H,4-5,7,10-11,14-15H2,1-2H3,(H,37,38)/t16-,17?,21+,23?,25?,27?,29?/m0/s1. The Morgan fingerprint density at radius 3 is 2.51 bits per heavy atom. The SMILES string of the molecule is CC(c1cc(Cl)ccc1C(F)(F)F)N1C[C@H]2CC1CC2C1CCc2ccc(C(C3CC3)[C@H](C)C(=O)O)cc2O1. The zero-order chi connectivity index (χ0) is 27.6. The number of ether oxygens (including phenoxy) is 1. The summed E-state index contributed by atoms with van der Waals surface area (Å²) in [5.74, 6) is 0.858. The Balaban J connectivity index is 1.16. The Labute approximate surface area is 232 Å². The molecule has 6 rings (SSSR count). The number of fused-ring (bicyclic) bond motifs is 3. The maximum atomic E-state index is 13.7. The zero-order valence-corrected chi connectivity index (χ0v) is 23.0. The number of hydrogen-bond donors (Lipinski definition) is 1. The summed E-state index contributed by atoms with van der Waals surface area (Å²) in [6.07, 6.45) is 1.55. The highest BCUT2D eigenvalue weighted by molar-refractivity contribution is 6.30. The van der Waals surface area contributed by atoms with Crippen LogP contribution in [0.3, 0.4) is 0 Å². The van der Waals surface area contributed by atoms with Gasteiger partial charge in [-0.25, -0.2) is 0 Å². The first-order chi connectivity index (χ1) is 18.5. The Hall–Kier alpha value is -2.25. The van der Waals surface area contributed by atoms with Crippen molar-refractivity contribution in [2.45, 2.75) is 82.7 Å². The van der Waals surface area contributed by atoms with Crippen molar-refractivity contribution in [3.63, 3.8) is 0 Å². The minimum atomic E-state index is -4.42. The third-order valence-electron chi connectivity index (χ3n) is 9.89. The van der Waals surface area contributed by atoms with E-state index in [0.29, 0.717) is 22.8 Å². The van der Waals surface area contributed by atoms with Gasteiger partial charge < -0.3 is 9.84 Å². The lowest BCUT2D eigenvalue weighted by Crippen LogP contribution is -2.43. The van der Waals surface area contributed by atoms with Gasteiger partial charge in [0.15, 0.2) is 0 Å². The molecule has 210 valence electrons. The van der Waals surface area contributed by atoms with E-state index < -0.39 is 23.6 Å². The van der Waals surface area contributed by atoms with E-state index >= 15 is 0 Å². The van der Waals surface area contributed by atoms with Crippen LogP contribution in [0.4, 0.5) is 13.2 Å². The molecule has 2 aromatic rings. The van der Waals surface area contributed by atoms with Gasteiger partial charge in [0.1, 0.15) is 11.9 Å². The molecule has 5 unspecified atom stereocenters. The monoisotopic (exact) mass is 561 g/mol. The number of aliphatic carboxylic acids is 1. The van der Waals surface area contributed by atoms with Crippen molar-refractivity contribution in [2.75, 3.05) is 6.54 Å². The number of piperidine rings is 1. The minimum absolute atomic E-state index is 0.00222. The fourth-order valence-corrected chi connectivity index (χ4v) is 7.95. The first-order valence-electron chi connectivity index (χ1n) is 14.2. The maximum Gasteiger partial charge on any atom is 0.416 e. The fourth-order valence-electron chi connectivity index (χ4n) is 7.77. The maximum absolute atomic E-state index is 13.7. The molecule has 2 saturated carbocycles. The molecular weight excluding hydrogens is 527 g/mol. The largest absolute Gasteiger partial charge is 0.490 e. The quantitative estimate of drug-likeness (QED) is 0.376. The molecule has 7 atom stereocenters. The van der Waals surface area contributed by atoms with E-state index in [0.717, 1.165) is 62.4 Å². The molecule has 3 fully saturated rings. The summed E-state index contributed by atoms with van der Waals surface area (Å²) >= 11 is 6.12. The average Bonchev–Trinajstić information content (AvgIpc) is 3.51. The highest BCUT2D eigenvalue weighted by Crippen LogP contribution is 2.51. The molecule has 2 aromatic carbocycles. The molecule has 39 heavy (non-hydrogen) atoms. The number of benzene rings is 2. The first-order valence-corrected chi connectivity index (χ1v) is 14.5.